The molecule has 0 spiro atoms. The van der Waals surface area contributed by atoms with E-state index in [1.807, 2.05) is 6.92 Å². The summed E-state index contributed by atoms with van der Waals surface area (Å²) in [4.78, 5) is 26.0. The molecule has 0 aliphatic rings. The molecule has 0 aromatic heterocycles. The van der Waals surface area contributed by atoms with E-state index in [-0.39, 0.29) is 21.9 Å². The number of hydrogen-bond acceptors (Lipinski definition) is 6. The molecule has 8 nitrogen and oxygen atoms in total. The zero-order valence-electron chi connectivity index (χ0n) is 22.3. The summed E-state index contributed by atoms with van der Waals surface area (Å²) in [6.45, 7) is 7.11. The van der Waals surface area contributed by atoms with Crippen LogP contribution in [0.3, 0.4) is 0 Å². The van der Waals surface area contributed by atoms with Crippen LogP contribution in [0.2, 0.25) is 5.02 Å². The summed E-state index contributed by atoms with van der Waals surface area (Å²) >= 11 is 6.07. The first-order chi connectivity index (χ1) is 18.2. The van der Waals surface area contributed by atoms with Crippen LogP contribution in [0.25, 0.3) is 0 Å². The second-order valence-electron chi connectivity index (χ2n) is 10.3. The summed E-state index contributed by atoms with van der Waals surface area (Å²) in [6, 6.07) is 18.2. The maximum atomic E-state index is 13.1. The molecule has 0 heterocycles. The van der Waals surface area contributed by atoms with Crippen molar-refractivity contribution in [2.24, 2.45) is 5.73 Å². The third kappa shape index (κ3) is 8.05. The van der Waals surface area contributed by atoms with Gasteiger partial charge in [0.25, 0.3) is 0 Å². The second kappa shape index (κ2) is 12.2. The molecule has 0 bridgehead atoms. The SMILES string of the molecule is C[C@H](Cc1ccc(S(=O)(=O)c2ccc(C(N)=O)cc2)cc1)N(C[C@H](O)c1cccc(Cl)c1)C(=O)OC(C)(C)C. The lowest BCUT2D eigenvalue weighted by Crippen LogP contribution is -2.45. The fraction of sp³-hybridized carbons (Fsp3) is 0.310. The normalized spacial score (nSPS) is 13.4. The Morgan fingerprint density at radius 1 is 1.00 bits per heavy atom. The molecule has 39 heavy (non-hydrogen) atoms. The molecule has 0 saturated carbocycles. The van der Waals surface area contributed by atoms with Crippen LogP contribution in [0, 0.1) is 0 Å². The number of sulfone groups is 1. The van der Waals surface area contributed by atoms with Gasteiger partial charge in [-0.15, -0.1) is 0 Å². The van der Waals surface area contributed by atoms with Crippen molar-refractivity contribution in [1.29, 1.82) is 0 Å². The fourth-order valence-electron chi connectivity index (χ4n) is 3.95. The maximum Gasteiger partial charge on any atom is 0.410 e. The van der Waals surface area contributed by atoms with Crippen molar-refractivity contribution in [2.45, 2.75) is 61.7 Å². The van der Waals surface area contributed by atoms with Gasteiger partial charge in [-0.2, -0.15) is 0 Å². The highest BCUT2D eigenvalue weighted by Crippen LogP contribution is 2.25. The number of nitrogens with two attached hydrogens (primary N) is 1. The summed E-state index contributed by atoms with van der Waals surface area (Å²) in [5.41, 5.74) is 6.07. The largest absolute Gasteiger partial charge is 0.444 e. The van der Waals surface area contributed by atoms with E-state index in [1.165, 1.54) is 41.3 Å². The number of rotatable bonds is 9. The van der Waals surface area contributed by atoms with Crippen molar-refractivity contribution >= 4 is 33.4 Å². The number of aliphatic hydroxyl groups is 1. The number of benzene rings is 3. The highest BCUT2D eigenvalue weighted by atomic mass is 35.5. The van der Waals surface area contributed by atoms with Gasteiger partial charge in [0.15, 0.2) is 0 Å². The van der Waals surface area contributed by atoms with Crippen molar-refractivity contribution in [3.63, 3.8) is 0 Å². The van der Waals surface area contributed by atoms with E-state index in [9.17, 15) is 23.1 Å². The maximum absolute atomic E-state index is 13.1. The molecule has 0 saturated heterocycles. The van der Waals surface area contributed by atoms with Gasteiger partial charge in [-0.05, 0) is 93.8 Å². The Morgan fingerprint density at radius 3 is 2.08 bits per heavy atom. The van der Waals surface area contributed by atoms with Crippen molar-refractivity contribution < 1.29 is 27.9 Å². The highest BCUT2D eigenvalue weighted by Gasteiger charge is 2.29. The van der Waals surface area contributed by atoms with Crippen LogP contribution in [-0.2, 0) is 21.0 Å². The van der Waals surface area contributed by atoms with E-state index in [0.717, 1.165) is 5.56 Å². The van der Waals surface area contributed by atoms with Crippen LogP contribution in [0.1, 0.15) is 55.3 Å². The van der Waals surface area contributed by atoms with Gasteiger partial charge in [0.2, 0.25) is 15.7 Å². The lowest BCUT2D eigenvalue weighted by Gasteiger charge is -2.33. The van der Waals surface area contributed by atoms with Crippen molar-refractivity contribution in [1.82, 2.24) is 4.90 Å². The Kier molecular flexibility index (Phi) is 9.43. The Balaban J connectivity index is 1.79. The van der Waals surface area contributed by atoms with Crippen LogP contribution in [-0.4, -0.2) is 48.6 Å². The van der Waals surface area contributed by atoms with E-state index < -0.39 is 39.6 Å². The summed E-state index contributed by atoms with van der Waals surface area (Å²) in [7, 11) is -3.81. The molecule has 0 aliphatic carbocycles. The number of carbonyl (C=O) groups is 2. The quantitative estimate of drug-likeness (QED) is 0.364. The highest BCUT2D eigenvalue weighted by molar-refractivity contribution is 7.91. The van der Waals surface area contributed by atoms with Gasteiger partial charge in [-0.3, -0.25) is 4.79 Å². The van der Waals surface area contributed by atoms with Crippen LogP contribution >= 0.6 is 11.6 Å². The lowest BCUT2D eigenvalue weighted by molar-refractivity contribution is 0.00547. The number of halogens is 1. The first-order valence-electron chi connectivity index (χ1n) is 12.3. The van der Waals surface area contributed by atoms with Gasteiger partial charge in [-0.25, -0.2) is 13.2 Å². The van der Waals surface area contributed by atoms with Crippen molar-refractivity contribution in [2.75, 3.05) is 6.54 Å². The molecule has 0 unspecified atom stereocenters. The molecule has 3 aromatic rings. The Morgan fingerprint density at radius 2 is 1.56 bits per heavy atom. The van der Waals surface area contributed by atoms with Crippen molar-refractivity contribution in [3.8, 4) is 0 Å². The zero-order valence-corrected chi connectivity index (χ0v) is 23.9. The van der Waals surface area contributed by atoms with E-state index >= 15 is 0 Å². The molecule has 3 aromatic carbocycles. The zero-order chi connectivity index (χ0) is 29.0. The minimum absolute atomic E-state index is 0.0236. The average molecular weight is 573 g/mol. The minimum Gasteiger partial charge on any atom is -0.444 e. The number of primary amides is 1. The summed E-state index contributed by atoms with van der Waals surface area (Å²) in [5, 5.41) is 11.3. The van der Waals surface area contributed by atoms with Gasteiger partial charge in [0, 0.05) is 16.6 Å². The van der Waals surface area contributed by atoms with Crippen LogP contribution in [0.15, 0.2) is 82.6 Å². The first-order valence-corrected chi connectivity index (χ1v) is 14.2. The van der Waals surface area contributed by atoms with Crippen LogP contribution in [0.5, 0.6) is 0 Å². The van der Waals surface area contributed by atoms with Crippen LogP contribution < -0.4 is 5.73 Å². The number of carbonyl (C=O) groups excluding carboxylic acids is 2. The van der Waals surface area contributed by atoms with Gasteiger partial charge in [0.1, 0.15) is 5.60 Å². The summed E-state index contributed by atoms with van der Waals surface area (Å²) < 4.78 is 31.7. The lowest BCUT2D eigenvalue weighted by atomic mass is 10.0. The summed E-state index contributed by atoms with van der Waals surface area (Å²) in [6.07, 6.45) is -1.18. The molecule has 208 valence electrons. The monoisotopic (exact) mass is 572 g/mol. The molecule has 2 atom stereocenters. The first kappa shape index (κ1) is 30.1. The van der Waals surface area contributed by atoms with Gasteiger partial charge in [-0.1, -0.05) is 35.9 Å². The smallest absolute Gasteiger partial charge is 0.410 e. The average Bonchev–Trinajstić information content (AvgIpc) is 2.86. The molecule has 3 rings (SSSR count). The number of amides is 2. The Labute approximate surface area is 234 Å². The molecule has 0 radical (unpaired) electrons. The second-order valence-corrected chi connectivity index (χ2v) is 12.7. The van der Waals surface area contributed by atoms with Crippen molar-refractivity contribution in [3.05, 3.63) is 94.5 Å². The van der Waals surface area contributed by atoms with E-state index in [4.69, 9.17) is 22.1 Å². The van der Waals surface area contributed by atoms with Gasteiger partial charge >= 0.3 is 6.09 Å². The topological polar surface area (TPSA) is 127 Å². The molecular formula is C29H33ClN2O6S. The number of hydrogen-bond donors (Lipinski definition) is 2. The predicted octanol–water partition coefficient (Wildman–Crippen LogP) is 5.17. The Hall–Kier alpha value is -3.40. The Bertz CT molecular complexity index is 1420. The van der Waals surface area contributed by atoms with Gasteiger partial charge < -0.3 is 20.5 Å². The predicted molar refractivity (Wildman–Crippen MR) is 149 cm³/mol. The van der Waals surface area contributed by atoms with Gasteiger partial charge in [0.05, 0.1) is 22.4 Å². The molecular weight excluding hydrogens is 540 g/mol. The van der Waals surface area contributed by atoms with E-state index in [0.29, 0.717) is 17.0 Å². The summed E-state index contributed by atoms with van der Waals surface area (Å²) in [5.74, 6) is -0.641. The van der Waals surface area contributed by atoms with E-state index in [2.05, 4.69) is 0 Å². The number of aliphatic hydroxyl groups excluding tert-OH is 1. The molecule has 0 fully saturated rings. The number of nitrogens with zero attached hydrogens (tertiary/aromatic N) is 1. The van der Waals surface area contributed by atoms with Crippen LogP contribution in [0.4, 0.5) is 4.79 Å². The third-order valence-corrected chi connectivity index (χ3v) is 8.00. The standard InChI is InChI=1S/C29H33ClN2O6S/c1-19(32(28(35)38-29(2,3)4)18-26(33)22-6-5-7-23(30)17-22)16-20-8-12-24(13-9-20)39(36,37)25-14-10-21(11-15-25)27(31)34/h5-15,17,19,26,33H,16,18H2,1-4H3,(H2,31,34)/t19-,26+/m1/s1. The third-order valence-electron chi connectivity index (χ3n) is 5.98. The molecule has 2 amide bonds. The minimum atomic E-state index is -3.81. The molecule has 0 aliphatic heterocycles. The fourth-order valence-corrected chi connectivity index (χ4v) is 5.41. The van der Waals surface area contributed by atoms with E-state index in [1.54, 1.807) is 57.2 Å². The molecule has 3 N–H and O–H groups in total. The molecule has 10 heteroatoms. The number of ether oxygens (including phenoxy) is 1.